The molecule has 7 heteroatoms. The number of rotatable bonds is 12. The zero-order chi connectivity index (χ0) is 22.6. The zero-order valence-electron chi connectivity index (χ0n) is 18.1. The lowest BCUT2D eigenvalue weighted by Gasteiger charge is -2.29. The smallest absolute Gasteiger partial charge is 0.242 e. The van der Waals surface area contributed by atoms with Gasteiger partial charge in [-0.3, -0.25) is 9.59 Å². The van der Waals surface area contributed by atoms with E-state index in [4.69, 9.17) is 27.9 Å². The van der Waals surface area contributed by atoms with E-state index in [1.54, 1.807) is 25.1 Å². The molecule has 0 aromatic heterocycles. The van der Waals surface area contributed by atoms with Crippen LogP contribution in [-0.2, 0) is 16.1 Å². The third-order valence-corrected chi connectivity index (χ3v) is 5.64. The minimum Gasteiger partial charge on any atom is -0.494 e. The number of ether oxygens (including phenoxy) is 1. The Balaban J connectivity index is 2.04. The van der Waals surface area contributed by atoms with E-state index in [1.165, 1.54) is 4.90 Å². The molecule has 0 aliphatic heterocycles. The second-order valence-electron chi connectivity index (χ2n) is 7.31. The molecule has 2 aromatic carbocycles. The van der Waals surface area contributed by atoms with Gasteiger partial charge in [0.2, 0.25) is 11.8 Å². The van der Waals surface area contributed by atoms with Crippen molar-refractivity contribution < 1.29 is 14.3 Å². The molecule has 1 atom stereocenters. The first kappa shape index (κ1) is 25.0. The van der Waals surface area contributed by atoms with Gasteiger partial charge in [-0.2, -0.15) is 0 Å². The normalized spacial score (nSPS) is 11.6. The second-order valence-corrected chi connectivity index (χ2v) is 8.12. The molecule has 168 valence electrons. The van der Waals surface area contributed by atoms with Gasteiger partial charge in [0.25, 0.3) is 0 Å². The molecule has 1 N–H and O–H groups in total. The van der Waals surface area contributed by atoms with Gasteiger partial charge in [-0.1, -0.05) is 60.8 Å². The predicted molar refractivity (Wildman–Crippen MR) is 126 cm³/mol. The molecule has 0 saturated heterocycles. The van der Waals surface area contributed by atoms with Gasteiger partial charge < -0.3 is 15.0 Å². The molecule has 5 nitrogen and oxygen atoms in total. The van der Waals surface area contributed by atoms with Crippen LogP contribution in [0.15, 0.2) is 48.5 Å². The average Bonchev–Trinajstić information content (AvgIpc) is 2.77. The van der Waals surface area contributed by atoms with E-state index in [0.717, 1.165) is 18.6 Å². The number of nitrogens with one attached hydrogen (secondary N) is 1. The Hall–Kier alpha value is -2.24. The number of amides is 2. The SMILES string of the molecule is CCCCNC(=O)[C@@H](C)N(Cc1c(Cl)cccc1Cl)C(=O)CCCOc1ccccc1. The fourth-order valence-corrected chi connectivity index (χ4v) is 3.56. The van der Waals surface area contributed by atoms with Crippen LogP contribution in [0.2, 0.25) is 10.0 Å². The molecule has 2 rings (SSSR count). The largest absolute Gasteiger partial charge is 0.494 e. The van der Waals surface area contributed by atoms with Crippen molar-refractivity contribution in [2.45, 2.75) is 52.1 Å². The maximum Gasteiger partial charge on any atom is 0.242 e. The number of carbonyl (C=O) groups excluding carboxylic acids is 2. The molecule has 0 aliphatic rings. The minimum absolute atomic E-state index is 0.147. The van der Waals surface area contributed by atoms with E-state index < -0.39 is 6.04 Å². The van der Waals surface area contributed by atoms with Gasteiger partial charge >= 0.3 is 0 Å². The Morgan fingerprint density at radius 3 is 2.35 bits per heavy atom. The Morgan fingerprint density at radius 2 is 1.71 bits per heavy atom. The van der Waals surface area contributed by atoms with Crippen LogP contribution in [0.4, 0.5) is 0 Å². The van der Waals surface area contributed by atoms with Gasteiger partial charge in [0.1, 0.15) is 11.8 Å². The van der Waals surface area contributed by atoms with Gasteiger partial charge in [0.05, 0.1) is 6.61 Å². The molecule has 0 saturated carbocycles. The summed E-state index contributed by atoms with van der Waals surface area (Å²) in [7, 11) is 0. The Labute approximate surface area is 194 Å². The number of carbonyl (C=O) groups is 2. The Kier molecular flexibility index (Phi) is 10.7. The fourth-order valence-electron chi connectivity index (χ4n) is 3.05. The topological polar surface area (TPSA) is 58.6 Å². The highest BCUT2D eigenvalue weighted by Gasteiger charge is 2.27. The number of nitrogens with zero attached hydrogens (tertiary/aromatic N) is 1. The molecule has 31 heavy (non-hydrogen) atoms. The lowest BCUT2D eigenvalue weighted by molar-refractivity contribution is -0.140. The van der Waals surface area contributed by atoms with E-state index in [-0.39, 0.29) is 24.8 Å². The summed E-state index contributed by atoms with van der Waals surface area (Å²) in [5.41, 5.74) is 0.632. The molecular weight excluding hydrogens is 435 g/mol. The lowest BCUT2D eigenvalue weighted by atomic mass is 10.1. The van der Waals surface area contributed by atoms with Crippen LogP contribution in [0, 0.1) is 0 Å². The lowest BCUT2D eigenvalue weighted by Crippen LogP contribution is -2.47. The highest BCUT2D eigenvalue weighted by atomic mass is 35.5. The van der Waals surface area contributed by atoms with Gasteiger partial charge in [0.15, 0.2) is 0 Å². The molecule has 2 amide bonds. The standard InChI is InChI=1S/C24H30Cl2N2O3/c1-3-4-15-27-24(30)18(2)28(17-20-21(25)12-8-13-22(20)26)23(29)14-9-16-31-19-10-6-5-7-11-19/h5-8,10-13,18H,3-4,9,14-17H2,1-2H3,(H,27,30)/t18-/m1/s1. The zero-order valence-corrected chi connectivity index (χ0v) is 19.6. The van der Waals surface area contributed by atoms with E-state index in [1.807, 2.05) is 30.3 Å². The number of unbranched alkanes of at least 4 members (excludes halogenated alkanes) is 1. The summed E-state index contributed by atoms with van der Waals surface area (Å²) in [6.07, 6.45) is 2.65. The van der Waals surface area contributed by atoms with Crippen molar-refractivity contribution in [1.82, 2.24) is 10.2 Å². The van der Waals surface area contributed by atoms with Crippen LogP contribution in [-0.4, -0.2) is 35.9 Å². The van der Waals surface area contributed by atoms with Crippen LogP contribution in [0.1, 0.15) is 45.1 Å². The van der Waals surface area contributed by atoms with Crippen molar-refractivity contribution in [3.63, 3.8) is 0 Å². The van der Waals surface area contributed by atoms with Gasteiger partial charge in [-0.05, 0) is 44.0 Å². The number of para-hydroxylation sites is 1. The summed E-state index contributed by atoms with van der Waals surface area (Å²) >= 11 is 12.6. The molecule has 0 aliphatic carbocycles. The van der Waals surface area contributed by atoms with E-state index in [2.05, 4.69) is 12.2 Å². The predicted octanol–water partition coefficient (Wildman–Crippen LogP) is 5.49. The molecule has 0 radical (unpaired) electrons. The van der Waals surface area contributed by atoms with Gasteiger partial charge in [-0.25, -0.2) is 0 Å². The summed E-state index contributed by atoms with van der Waals surface area (Å²) in [6, 6.07) is 14.0. The molecule has 0 bridgehead atoms. The van der Waals surface area contributed by atoms with Crippen molar-refractivity contribution in [2.24, 2.45) is 0 Å². The van der Waals surface area contributed by atoms with Crippen molar-refractivity contribution >= 4 is 35.0 Å². The molecule has 0 spiro atoms. The molecular formula is C24H30Cl2N2O3. The first-order valence-electron chi connectivity index (χ1n) is 10.6. The van der Waals surface area contributed by atoms with Crippen LogP contribution in [0.25, 0.3) is 0 Å². The van der Waals surface area contributed by atoms with Gasteiger partial charge in [0, 0.05) is 35.1 Å². The molecule has 0 unspecified atom stereocenters. The minimum atomic E-state index is -0.647. The van der Waals surface area contributed by atoms with E-state index in [9.17, 15) is 9.59 Å². The maximum atomic E-state index is 13.1. The number of halogens is 2. The Bertz CT molecular complexity index is 826. The third-order valence-electron chi connectivity index (χ3n) is 4.93. The first-order valence-corrected chi connectivity index (χ1v) is 11.4. The van der Waals surface area contributed by atoms with Crippen LogP contribution < -0.4 is 10.1 Å². The summed E-state index contributed by atoms with van der Waals surface area (Å²) in [6.45, 7) is 4.94. The average molecular weight is 465 g/mol. The second kappa shape index (κ2) is 13.2. The van der Waals surface area contributed by atoms with E-state index >= 15 is 0 Å². The van der Waals surface area contributed by atoms with Crippen molar-refractivity contribution in [3.05, 3.63) is 64.1 Å². The monoisotopic (exact) mass is 464 g/mol. The number of benzene rings is 2. The van der Waals surface area contributed by atoms with Gasteiger partial charge in [-0.15, -0.1) is 0 Å². The highest BCUT2D eigenvalue weighted by molar-refractivity contribution is 6.36. The van der Waals surface area contributed by atoms with Crippen molar-refractivity contribution in [3.8, 4) is 5.75 Å². The summed E-state index contributed by atoms with van der Waals surface area (Å²) in [5, 5.41) is 3.84. The van der Waals surface area contributed by atoms with Crippen molar-refractivity contribution in [2.75, 3.05) is 13.2 Å². The Morgan fingerprint density at radius 1 is 1.03 bits per heavy atom. The number of hydrogen-bond acceptors (Lipinski definition) is 3. The molecule has 2 aromatic rings. The number of hydrogen-bond donors (Lipinski definition) is 1. The van der Waals surface area contributed by atoms with Crippen molar-refractivity contribution in [1.29, 1.82) is 0 Å². The highest BCUT2D eigenvalue weighted by Crippen LogP contribution is 2.27. The summed E-state index contributed by atoms with van der Waals surface area (Å²) in [4.78, 5) is 27.2. The summed E-state index contributed by atoms with van der Waals surface area (Å²) in [5.74, 6) is 0.426. The van der Waals surface area contributed by atoms with Crippen LogP contribution in [0.3, 0.4) is 0 Å². The van der Waals surface area contributed by atoms with Crippen LogP contribution in [0.5, 0.6) is 5.75 Å². The summed E-state index contributed by atoms with van der Waals surface area (Å²) < 4.78 is 5.67. The third kappa shape index (κ3) is 8.08. The quantitative estimate of drug-likeness (QED) is 0.422. The molecule has 0 fully saturated rings. The first-order chi connectivity index (χ1) is 14.9. The fraction of sp³-hybridized carbons (Fsp3) is 0.417. The van der Waals surface area contributed by atoms with Crippen LogP contribution >= 0.6 is 23.2 Å². The maximum absolute atomic E-state index is 13.1. The molecule has 0 heterocycles. The van der Waals surface area contributed by atoms with E-state index in [0.29, 0.717) is 35.2 Å².